The molecular formula is C13H20N2O. The zero-order chi connectivity index (χ0) is 12.2. The number of likely N-dealkylation sites (N-methyl/N-ethyl adjacent to an activating group) is 1. The van der Waals surface area contributed by atoms with Crippen molar-refractivity contribution in [1.29, 1.82) is 0 Å². The Bertz CT molecular complexity index is 348. The molecule has 0 bridgehead atoms. The highest BCUT2D eigenvalue weighted by Gasteiger charge is 2.32. The van der Waals surface area contributed by atoms with E-state index in [9.17, 15) is 4.79 Å². The lowest BCUT2D eigenvalue weighted by molar-refractivity contribution is -0.128. The molecule has 0 aliphatic rings. The first kappa shape index (κ1) is 12.8. The Balaban J connectivity index is 2.79. The van der Waals surface area contributed by atoms with Crippen LogP contribution in [-0.4, -0.2) is 35.3 Å². The first-order chi connectivity index (χ1) is 7.50. The summed E-state index contributed by atoms with van der Waals surface area (Å²) in [7, 11) is 3.90. The number of hydrogen-bond acceptors (Lipinski definition) is 3. The van der Waals surface area contributed by atoms with Crippen LogP contribution in [0.5, 0.6) is 0 Å². The monoisotopic (exact) mass is 220 g/mol. The van der Waals surface area contributed by atoms with Crippen molar-refractivity contribution >= 4 is 5.78 Å². The van der Waals surface area contributed by atoms with E-state index in [0.717, 1.165) is 12.0 Å². The van der Waals surface area contributed by atoms with E-state index in [-0.39, 0.29) is 11.3 Å². The first-order valence-corrected chi connectivity index (χ1v) is 5.60. The number of ketones is 1. The highest BCUT2D eigenvalue weighted by molar-refractivity contribution is 5.89. The van der Waals surface area contributed by atoms with Crippen LogP contribution in [0.2, 0.25) is 0 Å². The number of pyridine rings is 1. The van der Waals surface area contributed by atoms with Crippen molar-refractivity contribution in [3.05, 3.63) is 30.1 Å². The van der Waals surface area contributed by atoms with Gasteiger partial charge in [0.05, 0.1) is 5.54 Å². The second-order valence-electron chi connectivity index (χ2n) is 4.48. The van der Waals surface area contributed by atoms with Crippen LogP contribution in [0.3, 0.4) is 0 Å². The van der Waals surface area contributed by atoms with Crippen LogP contribution in [0.4, 0.5) is 0 Å². The molecule has 16 heavy (non-hydrogen) atoms. The largest absolute Gasteiger partial charge is 0.297 e. The van der Waals surface area contributed by atoms with Crippen molar-refractivity contribution in [1.82, 2.24) is 9.88 Å². The second kappa shape index (κ2) is 5.21. The quantitative estimate of drug-likeness (QED) is 0.760. The molecule has 1 unspecified atom stereocenters. The van der Waals surface area contributed by atoms with E-state index < -0.39 is 0 Å². The Labute approximate surface area is 97.5 Å². The van der Waals surface area contributed by atoms with Gasteiger partial charge in [-0.25, -0.2) is 0 Å². The van der Waals surface area contributed by atoms with E-state index in [1.165, 1.54) is 0 Å². The van der Waals surface area contributed by atoms with Gasteiger partial charge in [-0.05, 0) is 45.1 Å². The second-order valence-corrected chi connectivity index (χ2v) is 4.48. The van der Waals surface area contributed by atoms with Crippen LogP contribution in [-0.2, 0) is 11.2 Å². The Morgan fingerprint density at radius 3 is 2.38 bits per heavy atom. The minimum Gasteiger partial charge on any atom is -0.297 e. The highest BCUT2D eigenvalue weighted by Crippen LogP contribution is 2.19. The van der Waals surface area contributed by atoms with Gasteiger partial charge in [-0.3, -0.25) is 14.7 Å². The molecule has 0 amide bonds. The van der Waals surface area contributed by atoms with Crippen molar-refractivity contribution in [3.8, 4) is 0 Å². The molecule has 3 nitrogen and oxygen atoms in total. The van der Waals surface area contributed by atoms with Crippen LogP contribution in [0, 0.1) is 0 Å². The van der Waals surface area contributed by atoms with Crippen LogP contribution in [0.25, 0.3) is 0 Å². The number of aromatic nitrogens is 1. The van der Waals surface area contributed by atoms with Crippen LogP contribution in [0.1, 0.15) is 25.8 Å². The third-order valence-corrected chi connectivity index (χ3v) is 3.39. The SMILES string of the molecule is CCC(C)(C(=O)Cc1ccncc1)N(C)C. The maximum atomic E-state index is 12.2. The van der Waals surface area contributed by atoms with E-state index in [1.54, 1.807) is 12.4 Å². The predicted molar refractivity (Wildman–Crippen MR) is 65.3 cm³/mol. The van der Waals surface area contributed by atoms with Crippen molar-refractivity contribution in [2.75, 3.05) is 14.1 Å². The van der Waals surface area contributed by atoms with E-state index in [4.69, 9.17) is 0 Å². The van der Waals surface area contributed by atoms with Crippen molar-refractivity contribution < 1.29 is 4.79 Å². The van der Waals surface area contributed by atoms with Gasteiger partial charge in [0, 0.05) is 18.8 Å². The first-order valence-electron chi connectivity index (χ1n) is 5.60. The molecule has 88 valence electrons. The Kier molecular flexibility index (Phi) is 4.19. The summed E-state index contributed by atoms with van der Waals surface area (Å²) in [5.41, 5.74) is 0.657. The minimum atomic E-state index is -0.372. The number of hydrogen-bond donors (Lipinski definition) is 0. The highest BCUT2D eigenvalue weighted by atomic mass is 16.1. The van der Waals surface area contributed by atoms with Gasteiger partial charge in [-0.15, -0.1) is 0 Å². The number of carbonyl (C=O) groups excluding carboxylic acids is 1. The third kappa shape index (κ3) is 2.67. The fraction of sp³-hybridized carbons (Fsp3) is 0.538. The van der Waals surface area contributed by atoms with E-state index in [0.29, 0.717) is 6.42 Å². The fourth-order valence-corrected chi connectivity index (χ4v) is 1.64. The fourth-order valence-electron chi connectivity index (χ4n) is 1.64. The number of nitrogens with zero attached hydrogens (tertiary/aromatic N) is 2. The molecule has 1 heterocycles. The van der Waals surface area contributed by atoms with Gasteiger partial charge in [-0.2, -0.15) is 0 Å². The summed E-state index contributed by atoms with van der Waals surface area (Å²) in [6.45, 7) is 4.04. The molecule has 1 atom stereocenters. The summed E-state index contributed by atoms with van der Waals surface area (Å²) >= 11 is 0. The Morgan fingerprint density at radius 2 is 1.94 bits per heavy atom. The van der Waals surface area contributed by atoms with Gasteiger partial charge in [0.15, 0.2) is 5.78 Å². The molecular weight excluding hydrogens is 200 g/mol. The molecule has 0 aromatic carbocycles. The van der Waals surface area contributed by atoms with E-state index in [1.807, 2.05) is 45.0 Å². The molecule has 1 rings (SSSR count). The van der Waals surface area contributed by atoms with Gasteiger partial charge >= 0.3 is 0 Å². The van der Waals surface area contributed by atoms with E-state index >= 15 is 0 Å². The summed E-state index contributed by atoms with van der Waals surface area (Å²) in [5.74, 6) is 0.256. The van der Waals surface area contributed by atoms with Crippen molar-refractivity contribution in [2.24, 2.45) is 0 Å². The maximum absolute atomic E-state index is 12.2. The molecule has 0 fully saturated rings. The lowest BCUT2D eigenvalue weighted by Gasteiger charge is -2.34. The molecule has 0 spiro atoms. The molecule has 3 heteroatoms. The van der Waals surface area contributed by atoms with Crippen LogP contribution < -0.4 is 0 Å². The van der Waals surface area contributed by atoms with Gasteiger partial charge in [0.25, 0.3) is 0 Å². The summed E-state index contributed by atoms with van der Waals surface area (Å²) in [4.78, 5) is 18.2. The molecule has 0 saturated carbocycles. The molecule has 0 aliphatic heterocycles. The van der Waals surface area contributed by atoms with Crippen LogP contribution >= 0.6 is 0 Å². The lowest BCUT2D eigenvalue weighted by Crippen LogP contribution is -2.48. The van der Waals surface area contributed by atoms with E-state index in [2.05, 4.69) is 4.98 Å². The number of Topliss-reactive ketones (excluding diaryl/α,β-unsaturated/α-hetero) is 1. The topological polar surface area (TPSA) is 33.2 Å². The molecule has 1 aromatic rings. The molecule has 0 aliphatic carbocycles. The number of rotatable bonds is 5. The zero-order valence-corrected chi connectivity index (χ0v) is 10.5. The molecule has 1 aromatic heterocycles. The number of carbonyl (C=O) groups is 1. The minimum absolute atomic E-state index is 0.256. The lowest BCUT2D eigenvalue weighted by atomic mass is 9.88. The van der Waals surface area contributed by atoms with Gasteiger partial charge in [0.1, 0.15) is 0 Å². The van der Waals surface area contributed by atoms with Gasteiger partial charge in [0.2, 0.25) is 0 Å². The summed E-state index contributed by atoms with van der Waals surface area (Å²) < 4.78 is 0. The Hall–Kier alpha value is -1.22. The predicted octanol–water partition coefficient (Wildman–Crippen LogP) is 1.92. The van der Waals surface area contributed by atoms with Gasteiger partial charge < -0.3 is 0 Å². The normalized spacial score (nSPS) is 14.8. The maximum Gasteiger partial charge on any atom is 0.157 e. The van der Waals surface area contributed by atoms with Crippen LogP contribution in [0.15, 0.2) is 24.5 Å². The summed E-state index contributed by atoms with van der Waals surface area (Å²) in [6.07, 6.45) is 4.75. The smallest absolute Gasteiger partial charge is 0.157 e. The summed E-state index contributed by atoms with van der Waals surface area (Å²) in [6, 6.07) is 3.78. The molecule has 0 N–H and O–H groups in total. The third-order valence-electron chi connectivity index (χ3n) is 3.39. The Morgan fingerprint density at radius 1 is 1.38 bits per heavy atom. The van der Waals surface area contributed by atoms with Crippen molar-refractivity contribution in [3.63, 3.8) is 0 Å². The molecule has 0 radical (unpaired) electrons. The van der Waals surface area contributed by atoms with Crippen molar-refractivity contribution in [2.45, 2.75) is 32.2 Å². The zero-order valence-electron chi connectivity index (χ0n) is 10.5. The summed E-state index contributed by atoms with van der Waals surface area (Å²) in [5, 5.41) is 0. The molecule has 0 saturated heterocycles. The average molecular weight is 220 g/mol. The average Bonchev–Trinajstić information content (AvgIpc) is 2.28. The standard InChI is InChI=1S/C13H20N2O/c1-5-13(2,15(3)4)12(16)10-11-6-8-14-9-7-11/h6-9H,5,10H2,1-4H3. The van der Waals surface area contributed by atoms with Gasteiger partial charge in [-0.1, -0.05) is 6.92 Å².